The maximum absolute atomic E-state index is 5.79. The standard InChI is InChI=1S/C18H18N4/c19-15-7-9-18(10-8-15)22(13-16-5-1-3-11-20-16)14-17-6-2-4-12-21-17/h1-12H,13-14,19H2. The molecular weight excluding hydrogens is 272 g/mol. The number of nitrogen functional groups attached to an aromatic ring is 1. The molecule has 2 N–H and O–H groups in total. The molecular formula is C18H18N4. The van der Waals surface area contributed by atoms with Crippen LogP contribution >= 0.6 is 0 Å². The van der Waals surface area contributed by atoms with Crippen LogP contribution in [0.1, 0.15) is 11.4 Å². The van der Waals surface area contributed by atoms with Crippen LogP contribution in [-0.2, 0) is 13.1 Å². The van der Waals surface area contributed by atoms with Crippen molar-refractivity contribution in [3.8, 4) is 0 Å². The first-order valence-corrected chi connectivity index (χ1v) is 7.21. The summed E-state index contributed by atoms with van der Waals surface area (Å²) in [6.45, 7) is 1.45. The van der Waals surface area contributed by atoms with Crippen LogP contribution in [0.2, 0.25) is 0 Å². The minimum absolute atomic E-state index is 0.724. The van der Waals surface area contributed by atoms with E-state index in [9.17, 15) is 0 Å². The average molecular weight is 290 g/mol. The summed E-state index contributed by atoms with van der Waals surface area (Å²) >= 11 is 0. The highest BCUT2D eigenvalue weighted by atomic mass is 15.1. The van der Waals surface area contributed by atoms with Gasteiger partial charge in [-0.3, -0.25) is 9.97 Å². The van der Waals surface area contributed by atoms with Crippen molar-refractivity contribution in [1.29, 1.82) is 0 Å². The molecule has 0 fully saturated rings. The van der Waals surface area contributed by atoms with Gasteiger partial charge in [0.05, 0.1) is 24.5 Å². The van der Waals surface area contributed by atoms with Crippen LogP contribution < -0.4 is 10.6 Å². The van der Waals surface area contributed by atoms with E-state index in [-0.39, 0.29) is 0 Å². The third-order valence-electron chi connectivity index (χ3n) is 3.42. The van der Waals surface area contributed by atoms with Gasteiger partial charge >= 0.3 is 0 Å². The van der Waals surface area contributed by atoms with Crippen LogP contribution in [-0.4, -0.2) is 9.97 Å². The van der Waals surface area contributed by atoms with E-state index in [0.29, 0.717) is 0 Å². The summed E-state index contributed by atoms with van der Waals surface area (Å²) < 4.78 is 0. The Balaban J connectivity index is 1.86. The fourth-order valence-corrected chi connectivity index (χ4v) is 2.30. The fourth-order valence-electron chi connectivity index (χ4n) is 2.30. The highest BCUT2D eigenvalue weighted by molar-refractivity contribution is 5.53. The smallest absolute Gasteiger partial charge is 0.0606 e. The first-order valence-electron chi connectivity index (χ1n) is 7.21. The predicted octanol–water partition coefficient (Wildman–Crippen LogP) is 3.27. The zero-order valence-electron chi connectivity index (χ0n) is 12.3. The van der Waals surface area contributed by atoms with Crippen molar-refractivity contribution >= 4 is 11.4 Å². The van der Waals surface area contributed by atoms with Crippen molar-refractivity contribution in [2.24, 2.45) is 0 Å². The van der Waals surface area contributed by atoms with E-state index in [0.717, 1.165) is 35.9 Å². The molecule has 4 heteroatoms. The van der Waals surface area contributed by atoms with Gasteiger partial charge < -0.3 is 10.6 Å². The van der Waals surface area contributed by atoms with Gasteiger partial charge in [-0.25, -0.2) is 0 Å². The molecule has 1 aromatic carbocycles. The van der Waals surface area contributed by atoms with Gasteiger partial charge in [-0.1, -0.05) is 12.1 Å². The van der Waals surface area contributed by atoms with Gasteiger partial charge in [0.25, 0.3) is 0 Å². The van der Waals surface area contributed by atoms with E-state index in [1.165, 1.54) is 0 Å². The Bertz CT molecular complexity index is 655. The van der Waals surface area contributed by atoms with Gasteiger partial charge in [0.1, 0.15) is 0 Å². The number of aromatic nitrogens is 2. The number of benzene rings is 1. The number of rotatable bonds is 5. The lowest BCUT2D eigenvalue weighted by Crippen LogP contribution is -2.23. The summed E-state index contributed by atoms with van der Waals surface area (Å²) in [7, 11) is 0. The highest BCUT2D eigenvalue weighted by Gasteiger charge is 2.09. The summed E-state index contributed by atoms with van der Waals surface area (Å²) in [5.74, 6) is 0. The largest absolute Gasteiger partial charge is 0.399 e. The van der Waals surface area contributed by atoms with Crippen molar-refractivity contribution in [3.63, 3.8) is 0 Å². The van der Waals surface area contributed by atoms with Crippen molar-refractivity contribution < 1.29 is 0 Å². The normalized spacial score (nSPS) is 10.4. The molecule has 0 amide bonds. The number of anilines is 2. The highest BCUT2D eigenvalue weighted by Crippen LogP contribution is 2.20. The third-order valence-corrected chi connectivity index (χ3v) is 3.42. The zero-order chi connectivity index (χ0) is 15.2. The molecule has 110 valence electrons. The summed E-state index contributed by atoms with van der Waals surface area (Å²) in [6.07, 6.45) is 3.63. The number of nitrogens with zero attached hydrogens (tertiary/aromatic N) is 3. The number of nitrogens with two attached hydrogens (primary N) is 1. The quantitative estimate of drug-likeness (QED) is 0.733. The molecule has 0 unspecified atom stereocenters. The Hall–Kier alpha value is -2.88. The molecule has 0 bridgehead atoms. The summed E-state index contributed by atoms with van der Waals surface area (Å²) in [5.41, 5.74) is 9.70. The molecule has 0 aliphatic rings. The van der Waals surface area contributed by atoms with E-state index >= 15 is 0 Å². The predicted molar refractivity (Wildman–Crippen MR) is 89.2 cm³/mol. The number of hydrogen-bond donors (Lipinski definition) is 1. The second-order valence-electron chi connectivity index (χ2n) is 5.09. The van der Waals surface area contributed by atoms with Crippen molar-refractivity contribution in [2.45, 2.75) is 13.1 Å². The minimum Gasteiger partial charge on any atom is -0.399 e. The molecule has 4 nitrogen and oxygen atoms in total. The van der Waals surface area contributed by atoms with Crippen LogP contribution in [0.15, 0.2) is 73.1 Å². The average Bonchev–Trinajstić information content (AvgIpc) is 2.57. The van der Waals surface area contributed by atoms with Gasteiger partial charge in [0, 0.05) is 23.8 Å². The van der Waals surface area contributed by atoms with Gasteiger partial charge in [0.15, 0.2) is 0 Å². The third kappa shape index (κ3) is 3.61. The van der Waals surface area contributed by atoms with Gasteiger partial charge in [-0.05, 0) is 48.5 Å². The van der Waals surface area contributed by atoms with Crippen LogP contribution in [0.3, 0.4) is 0 Å². The lowest BCUT2D eigenvalue weighted by molar-refractivity contribution is 0.765. The van der Waals surface area contributed by atoms with Crippen molar-refractivity contribution in [2.75, 3.05) is 10.6 Å². The second kappa shape index (κ2) is 6.72. The van der Waals surface area contributed by atoms with Crippen LogP contribution in [0.5, 0.6) is 0 Å². The zero-order valence-corrected chi connectivity index (χ0v) is 12.3. The van der Waals surface area contributed by atoms with Gasteiger partial charge in [0.2, 0.25) is 0 Å². The first kappa shape index (κ1) is 14.1. The van der Waals surface area contributed by atoms with Gasteiger partial charge in [-0.2, -0.15) is 0 Å². The Morgan fingerprint density at radius 1 is 0.727 bits per heavy atom. The molecule has 0 radical (unpaired) electrons. The second-order valence-corrected chi connectivity index (χ2v) is 5.09. The summed E-state index contributed by atoms with van der Waals surface area (Å²) in [6, 6.07) is 19.8. The lowest BCUT2D eigenvalue weighted by atomic mass is 10.2. The maximum Gasteiger partial charge on any atom is 0.0606 e. The SMILES string of the molecule is Nc1ccc(N(Cc2ccccn2)Cc2ccccn2)cc1. The first-order chi connectivity index (χ1) is 10.8. The molecule has 2 heterocycles. The Kier molecular flexibility index (Phi) is 4.30. The fraction of sp³-hybridized carbons (Fsp3) is 0.111. The van der Waals surface area contributed by atoms with Crippen LogP contribution in [0, 0.1) is 0 Å². The monoisotopic (exact) mass is 290 g/mol. The molecule has 3 rings (SSSR count). The molecule has 0 saturated carbocycles. The Labute approximate surface area is 130 Å². The van der Waals surface area contributed by atoms with Crippen LogP contribution in [0.25, 0.3) is 0 Å². The molecule has 0 aliphatic heterocycles. The molecule has 2 aromatic heterocycles. The minimum atomic E-state index is 0.724. The summed E-state index contributed by atoms with van der Waals surface area (Å²) in [4.78, 5) is 11.1. The molecule has 22 heavy (non-hydrogen) atoms. The number of pyridine rings is 2. The molecule has 0 aliphatic carbocycles. The maximum atomic E-state index is 5.79. The van der Waals surface area contributed by atoms with Gasteiger partial charge in [-0.15, -0.1) is 0 Å². The summed E-state index contributed by atoms with van der Waals surface area (Å²) in [5, 5.41) is 0. The lowest BCUT2D eigenvalue weighted by Gasteiger charge is -2.24. The van der Waals surface area contributed by atoms with Crippen molar-refractivity contribution in [1.82, 2.24) is 9.97 Å². The molecule has 0 spiro atoms. The van der Waals surface area contributed by atoms with E-state index < -0.39 is 0 Å². The van der Waals surface area contributed by atoms with E-state index in [1.54, 1.807) is 0 Å². The molecule has 0 atom stereocenters. The topological polar surface area (TPSA) is 55.0 Å². The van der Waals surface area contributed by atoms with E-state index in [2.05, 4.69) is 14.9 Å². The molecule has 0 saturated heterocycles. The Morgan fingerprint density at radius 2 is 1.27 bits per heavy atom. The molecule has 3 aromatic rings. The van der Waals surface area contributed by atoms with E-state index in [1.807, 2.05) is 73.1 Å². The van der Waals surface area contributed by atoms with E-state index in [4.69, 9.17) is 5.73 Å². The van der Waals surface area contributed by atoms with Crippen LogP contribution in [0.4, 0.5) is 11.4 Å². The number of hydrogen-bond acceptors (Lipinski definition) is 4. The Morgan fingerprint density at radius 3 is 1.73 bits per heavy atom. The van der Waals surface area contributed by atoms with Crippen molar-refractivity contribution in [3.05, 3.63) is 84.4 Å².